The zero-order valence-corrected chi connectivity index (χ0v) is 16.6. The number of para-hydroxylation sites is 1. The molecule has 2 unspecified atom stereocenters. The Hall–Kier alpha value is -1.74. The van der Waals surface area contributed by atoms with Crippen molar-refractivity contribution in [3.63, 3.8) is 0 Å². The molecule has 26 heavy (non-hydrogen) atoms. The van der Waals surface area contributed by atoms with Crippen molar-refractivity contribution in [2.45, 2.75) is 37.9 Å². The number of sulfonamides is 1. The van der Waals surface area contributed by atoms with E-state index in [0.717, 1.165) is 16.9 Å². The summed E-state index contributed by atoms with van der Waals surface area (Å²) in [7, 11) is -3.64. The molecule has 1 N–H and O–H groups in total. The van der Waals surface area contributed by atoms with Gasteiger partial charge in [-0.1, -0.05) is 18.2 Å². The average Bonchev–Trinajstić information content (AvgIpc) is 3.07. The Morgan fingerprint density at radius 3 is 2.54 bits per heavy atom. The van der Waals surface area contributed by atoms with Crippen molar-refractivity contribution in [3.05, 3.63) is 46.2 Å². The number of hydrogen-bond donors (Lipinski definition) is 1. The summed E-state index contributed by atoms with van der Waals surface area (Å²) >= 11 is 1.13. The fourth-order valence-corrected chi connectivity index (χ4v) is 5.69. The molecular weight excluding hydrogens is 372 g/mol. The molecule has 2 heterocycles. The lowest BCUT2D eigenvalue weighted by Crippen LogP contribution is -2.47. The first kappa shape index (κ1) is 19.0. The van der Waals surface area contributed by atoms with Crippen LogP contribution in [0.4, 0.5) is 5.69 Å². The number of ether oxygens (including phenoxy) is 1. The molecule has 1 aliphatic heterocycles. The highest BCUT2D eigenvalue weighted by molar-refractivity contribution is 7.89. The smallest absolute Gasteiger partial charge is 0.265 e. The monoisotopic (exact) mass is 394 g/mol. The molecule has 140 valence electrons. The van der Waals surface area contributed by atoms with Crippen LogP contribution >= 0.6 is 11.3 Å². The van der Waals surface area contributed by atoms with E-state index in [1.54, 1.807) is 0 Å². The Labute approximate surface area is 157 Å². The molecule has 0 radical (unpaired) electrons. The summed E-state index contributed by atoms with van der Waals surface area (Å²) in [5, 5.41) is 4.35. The molecule has 2 aromatic rings. The molecule has 3 rings (SSSR count). The lowest BCUT2D eigenvalue weighted by molar-refractivity contribution is -0.0440. The van der Waals surface area contributed by atoms with Gasteiger partial charge in [0.15, 0.2) is 0 Å². The number of nitrogens with one attached hydrogen (secondary N) is 1. The lowest BCUT2D eigenvalue weighted by atomic mass is 10.2. The second-order valence-electron chi connectivity index (χ2n) is 6.50. The number of aryl methyl sites for hydroxylation is 1. The minimum atomic E-state index is -3.64. The van der Waals surface area contributed by atoms with E-state index in [4.69, 9.17) is 4.74 Å². The van der Waals surface area contributed by atoms with Crippen molar-refractivity contribution in [2.75, 3.05) is 18.4 Å². The summed E-state index contributed by atoms with van der Waals surface area (Å²) in [4.78, 5) is 13.0. The van der Waals surface area contributed by atoms with E-state index < -0.39 is 10.0 Å². The van der Waals surface area contributed by atoms with Crippen molar-refractivity contribution >= 4 is 33.0 Å². The zero-order chi connectivity index (χ0) is 18.9. The lowest BCUT2D eigenvalue weighted by Gasteiger charge is -2.34. The summed E-state index contributed by atoms with van der Waals surface area (Å²) in [6.07, 6.45) is -0.313. The van der Waals surface area contributed by atoms with Gasteiger partial charge < -0.3 is 10.1 Å². The number of carbonyl (C=O) groups is 1. The molecule has 0 bridgehead atoms. The van der Waals surface area contributed by atoms with Gasteiger partial charge in [0.1, 0.15) is 0 Å². The number of carbonyl (C=O) groups excluding carboxylic acids is 1. The van der Waals surface area contributed by atoms with Crippen LogP contribution in [0, 0.1) is 6.92 Å². The summed E-state index contributed by atoms with van der Waals surface area (Å²) in [5.41, 5.74) is 1.66. The maximum absolute atomic E-state index is 12.9. The van der Waals surface area contributed by atoms with Gasteiger partial charge in [0.2, 0.25) is 10.0 Å². The van der Waals surface area contributed by atoms with Crippen LogP contribution in [0.1, 0.15) is 29.1 Å². The number of rotatable bonds is 4. The first-order valence-electron chi connectivity index (χ1n) is 8.38. The highest BCUT2D eigenvalue weighted by Gasteiger charge is 2.33. The number of hydrogen-bond acceptors (Lipinski definition) is 5. The minimum Gasteiger partial charge on any atom is -0.373 e. The molecule has 0 saturated carbocycles. The van der Waals surface area contributed by atoms with Crippen LogP contribution in [-0.4, -0.2) is 43.9 Å². The van der Waals surface area contributed by atoms with Gasteiger partial charge in [-0.15, -0.1) is 11.3 Å². The van der Waals surface area contributed by atoms with Gasteiger partial charge in [-0.2, -0.15) is 4.31 Å². The van der Waals surface area contributed by atoms with Crippen molar-refractivity contribution in [3.8, 4) is 0 Å². The number of anilines is 1. The fourth-order valence-electron chi connectivity index (χ4n) is 2.95. The number of thiophene rings is 1. The molecule has 8 heteroatoms. The van der Waals surface area contributed by atoms with Crippen LogP contribution in [0.15, 0.2) is 40.6 Å². The third-order valence-corrected chi connectivity index (χ3v) is 7.10. The van der Waals surface area contributed by atoms with Crippen LogP contribution in [0.3, 0.4) is 0 Å². The molecule has 1 aliphatic rings. The van der Waals surface area contributed by atoms with E-state index in [2.05, 4.69) is 5.32 Å². The predicted molar refractivity (Wildman–Crippen MR) is 102 cm³/mol. The summed E-state index contributed by atoms with van der Waals surface area (Å²) in [6.45, 7) is 6.24. The van der Waals surface area contributed by atoms with Gasteiger partial charge >= 0.3 is 0 Å². The Bertz CT molecular complexity index is 897. The first-order chi connectivity index (χ1) is 12.3. The molecule has 6 nitrogen and oxygen atoms in total. The molecule has 1 fully saturated rings. The molecular formula is C18H22N2O4S2. The molecule has 1 aromatic carbocycles. The van der Waals surface area contributed by atoms with E-state index in [0.29, 0.717) is 23.7 Å². The van der Waals surface area contributed by atoms with Gasteiger partial charge in [0.05, 0.1) is 22.0 Å². The van der Waals surface area contributed by atoms with Crippen LogP contribution in [0.2, 0.25) is 0 Å². The van der Waals surface area contributed by atoms with Crippen molar-refractivity contribution in [1.29, 1.82) is 0 Å². The van der Waals surface area contributed by atoms with Crippen molar-refractivity contribution in [1.82, 2.24) is 4.31 Å². The van der Waals surface area contributed by atoms with Gasteiger partial charge in [-0.25, -0.2) is 8.42 Å². The molecule has 0 spiro atoms. The highest BCUT2D eigenvalue weighted by atomic mass is 32.2. The van der Waals surface area contributed by atoms with E-state index in [-0.39, 0.29) is 23.0 Å². The number of morpholine rings is 1. The molecule has 2 atom stereocenters. The summed E-state index contributed by atoms with van der Waals surface area (Å²) < 4.78 is 32.8. The van der Waals surface area contributed by atoms with Crippen molar-refractivity contribution in [2.24, 2.45) is 0 Å². The molecule has 1 saturated heterocycles. The van der Waals surface area contributed by atoms with Gasteiger partial charge in [0, 0.05) is 24.2 Å². The van der Waals surface area contributed by atoms with Crippen LogP contribution in [-0.2, 0) is 14.8 Å². The summed E-state index contributed by atoms with van der Waals surface area (Å²) in [6, 6.07) is 8.90. The largest absolute Gasteiger partial charge is 0.373 e. The fraction of sp³-hybridized carbons (Fsp3) is 0.389. The second kappa shape index (κ2) is 7.48. The molecule has 0 aliphatic carbocycles. The maximum atomic E-state index is 12.9. The molecule has 1 amide bonds. The van der Waals surface area contributed by atoms with Crippen LogP contribution < -0.4 is 5.32 Å². The predicted octanol–water partition coefficient (Wildman–Crippen LogP) is 3.11. The Kier molecular flexibility index (Phi) is 5.47. The SMILES string of the molecule is Cc1ccccc1NC(=O)c1cc(S(=O)(=O)N2CC(C)OC(C)C2)cs1. The van der Waals surface area contributed by atoms with Crippen molar-refractivity contribution < 1.29 is 17.9 Å². The third-order valence-electron chi connectivity index (χ3n) is 4.22. The van der Waals surface area contributed by atoms with Crippen LogP contribution in [0.25, 0.3) is 0 Å². The van der Waals surface area contributed by atoms with E-state index >= 15 is 0 Å². The number of nitrogens with zero attached hydrogens (tertiary/aromatic N) is 1. The van der Waals surface area contributed by atoms with Gasteiger partial charge in [-0.05, 0) is 38.5 Å². The Balaban J connectivity index is 1.78. The molecule has 1 aromatic heterocycles. The summed E-state index contributed by atoms with van der Waals surface area (Å²) in [5.74, 6) is -0.311. The van der Waals surface area contributed by atoms with E-state index in [1.165, 1.54) is 15.8 Å². The standard InChI is InChI=1S/C18H22N2O4S2/c1-12-6-4-5-7-16(12)19-18(21)17-8-15(11-25-17)26(22,23)20-9-13(2)24-14(3)10-20/h4-8,11,13-14H,9-10H2,1-3H3,(H,19,21). The quantitative estimate of drug-likeness (QED) is 0.865. The third kappa shape index (κ3) is 3.98. The normalized spacial score (nSPS) is 21.5. The Morgan fingerprint density at radius 1 is 1.23 bits per heavy atom. The zero-order valence-electron chi connectivity index (χ0n) is 14.9. The average molecular weight is 395 g/mol. The maximum Gasteiger partial charge on any atom is 0.265 e. The number of amides is 1. The highest BCUT2D eigenvalue weighted by Crippen LogP contribution is 2.26. The van der Waals surface area contributed by atoms with Crippen LogP contribution in [0.5, 0.6) is 0 Å². The second-order valence-corrected chi connectivity index (χ2v) is 9.34. The van der Waals surface area contributed by atoms with Gasteiger partial charge in [0.25, 0.3) is 5.91 Å². The topological polar surface area (TPSA) is 75.7 Å². The van der Waals surface area contributed by atoms with E-state index in [9.17, 15) is 13.2 Å². The van der Waals surface area contributed by atoms with Gasteiger partial charge in [-0.3, -0.25) is 4.79 Å². The first-order valence-corrected chi connectivity index (χ1v) is 10.7. The minimum absolute atomic E-state index is 0.152. The Morgan fingerprint density at radius 2 is 1.88 bits per heavy atom. The number of benzene rings is 1. The van der Waals surface area contributed by atoms with E-state index in [1.807, 2.05) is 45.0 Å².